The Balaban J connectivity index is 1.77. The summed E-state index contributed by atoms with van der Waals surface area (Å²) in [5, 5.41) is 6.60. The molecule has 0 aliphatic heterocycles. The molecule has 0 amide bonds. The van der Waals surface area contributed by atoms with Crippen LogP contribution in [0.4, 0.5) is 0 Å². The molecule has 0 spiro atoms. The summed E-state index contributed by atoms with van der Waals surface area (Å²) in [7, 11) is 0. The molecule has 146 valence electrons. The smallest absolute Gasteiger partial charge is 0.345 e. The summed E-state index contributed by atoms with van der Waals surface area (Å²) in [5.74, 6) is 0.263. The molecule has 0 aliphatic rings. The van der Waals surface area contributed by atoms with Gasteiger partial charge in [0.25, 0.3) is 0 Å². The quantitative estimate of drug-likeness (QED) is 0.406. The van der Waals surface area contributed by atoms with Gasteiger partial charge in [-0.2, -0.15) is 5.10 Å². The molecule has 0 unspecified atom stereocenters. The van der Waals surface area contributed by atoms with Crippen molar-refractivity contribution in [3.8, 4) is 11.6 Å². The van der Waals surface area contributed by atoms with Crippen LogP contribution in [-0.2, 0) is 0 Å². The van der Waals surface area contributed by atoms with E-state index in [0.29, 0.717) is 11.4 Å². The zero-order chi connectivity index (χ0) is 20.5. The fourth-order valence-electron chi connectivity index (χ4n) is 3.51. The van der Waals surface area contributed by atoms with Gasteiger partial charge in [-0.1, -0.05) is 67.9 Å². The number of aryl methyl sites for hydroxylation is 2. The van der Waals surface area contributed by atoms with E-state index in [1.807, 2.05) is 61.5 Å². The van der Waals surface area contributed by atoms with E-state index in [9.17, 15) is 4.79 Å². The van der Waals surface area contributed by atoms with E-state index >= 15 is 0 Å². The summed E-state index contributed by atoms with van der Waals surface area (Å²) in [6.07, 6.45) is 0. The standard InChI is InChI=1S/C25H24N2O2/c1-16(2)22-15-24(27(26-22)23-13-12-17(3)14-18(23)4)29-25(28)21-11-7-9-19-8-5-6-10-20(19)21/h5-16H,1-4H3. The molecule has 1 heterocycles. The van der Waals surface area contributed by atoms with Crippen molar-refractivity contribution >= 4 is 16.7 Å². The van der Waals surface area contributed by atoms with Crippen molar-refractivity contribution in [3.05, 3.63) is 89.1 Å². The third-order valence-corrected chi connectivity index (χ3v) is 5.07. The van der Waals surface area contributed by atoms with Gasteiger partial charge in [-0.3, -0.25) is 0 Å². The van der Waals surface area contributed by atoms with E-state index in [1.54, 1.807) is 10.7 Å². The number of rotatable bonds is 4. The number of hydrogen-bond acceptors (Lipinski definition) is 3. The molecule has 0 radical (unpaired) electrons. The van der Waals surface area contributed by atoms with Crippen LogP contribution in [0.25, 0.3) is 16.5 Å². The van der Waals surface area contributed by atoms with Crippen LogP contribution in [-0.4, -0.2) is 15.7 Å². The van der Waals surface area contributed by atoms with Crippen LogP contribution in [0.1, 0.15) is 46.9 Å². The lowest BCUT2D eigenvalue weighted by molar-refractivity contribution is 0.0725. The van der Waals surface area contributed by atoms with Gasteiger partial charge in [0.05, 0.1) is 16.9 Å². The fourth-order valence-corrected chi connectivity index (χ4v) is 3.51. The molecule has 4 heteroatoms. The Morgan fingerprint density at radius 2 is 1.72 bits per heavy atom. The second-order valence-corrected chi connectivity index (χ2v) is 7.68. The van der Waals surface area contributed by atoms with Crippen LogP contribution in [0.5, 0.6) is 5.88 Å². The normalized spacial score (nSPS) is 11.2. The molecular weight excluding hydrogens is 360 g/mol. The van der Waals surface area contributed by atoms with E-state index in [1.165, 1.54) is 5.56 Å². The molecule has 4 aromatic rings. The van der Waals surface area contributed by atoms with Crippen molar-refractivity contribution in [1.29, 1.82) is 0 Å². The average Bonchev–Trinajstić information content (AvgIpc) is 3.11. The number of nitrogens with zero attached hydrogens (tertiary/aromatic N) is 2. The van der Waals surface area contributed by atoms with Crippen molar-refractivity contribution in [1.82, 2.24) is 9.78 Å². The minimum Gasteiger partial charge on any atom is -0.404 e. The highest BCUT2D eigenvalue weighted by molar-refractivity contribution is 6.05. The van der Waals surface area contributed by atoms with Crippen LogP contribution >= 0.6 is 0 Å². The first-order chi connectivity index (χ1) is 13.9. The number of esters is 1. The Labute approximate surface area is 170 Å². The molecular formula is C25H24N2O2. The number of carbonyl (C=O) groups excluding carboxylic acids is 1. The Bertz CT molecular complexity index is 1200. The SMILES string of the molecule is Cc1ccc(-n2nc(C(C)C)cc2OC(=O)c2cccc3ccccc23)c(C)c1. The highest BCUT2D eigenvalue weighted by atomic mass is 16.5. The monoisotopic (exact) mass is 384 g/mol. The van der Waals surface area contributed by atoms with E-state index in [0.717, 1.165) is 27.7 Å². The Morgan fingerprint density at radius 3 is 2.48 bits per heavy atom. The molecule has 3 aromatic carbocycles. The summed E-state index contributed by atoms with van der Waals surface area (Å²) < 4.78 is 7.60. The molecule has 4 nitrogen and oxygen atoms in total. The molecule has 0 atom stereocenters. The summed E-state index contributed by atoms with van der Waals surface area (Å²) in [4.78, 5) is 13.1. The Kier molecular flexibility index (Phi) is 4.93. The number of ether oxygens (including phenoxy) is 1. The number of carbonyl (C=O) groups is 1. The lowest BCUT2D eigenvalue weighted by atomic mass is 10.1. The zero-order valence-corrected chi connectivity index (χ0v) is 17.1. The van der Waals surface area contributed by atoms with Crippen molar-refractivity contribution < 1.29 is 9.53 Å². The van der Waals surface area contributed by atoms with Gasteiger partial charge >= 0.3 is 5.97 Å². The minimum atomic E-state index is -0.386. The van der Waals surface area contributed by atoms with E-state index in [2.05, 4.69) is 26.8 Å². The molecule has 0 fully saturated rings. The third-order valence-electron chi connectivity index (χ3n) is 5.07. The van der Waals surface area contributed by atoms with Crippen LogP contribution in [0.15, 0.2) is 66.7 Å². The molecule has 0 saturated heterocycles. The second kappa shape index (κ2) is 7.55. The van der Waals surface area contributed by atoms with E-state index in [-0.39, 0.29) is 11.9 Å². The third kappa shape index (κ3) is 3.66. The summed E-state index contributed by atoms with van der Waals surface area (Å²) in [5.41, 5.74) is 4.58. The highest BCUT2D eigenvalue weighted by Crippen LogP contribution is 2.28. The Morgan fingerprint density at radius 1 is 0.966 bits per heavy atom. The lowest BCUT2D eigenvalue weighted by Crippen LogP contribution is -2.12. The number of hydrogen-bond donors (Lipinski definition) is 0. The summed E-state index contributed by atoms with van der Waals surface area (Å²) in [6, 6.07) is 21.5. The fraction of sp³-hybridized carbons (Fsp3) is 0.200. The highest BCUT2D eigenvalue weighted by Gasteiger charge is 2.19. The predicted octanol–water partition coefficient (Wildman–Crippen LogP) is 5.98. The average molecular weight is 384 g/mol. The first kappa shape index (κ1) is 18.9. The first-order valence-corrected chi connectivity index (χ1v) is 9.81. The van der Waals surface area contributed by atoms with Gasteiger partial charge in [-0.15, -0.1) is 0 Å². The minimum absolute atomic E-state index is 0.219. The maximum Gasteiger partial charge on any atom is 0.345 e. The number of fused-ring (bicyclic) bond motifs is 1. The van der Waals surface area contributed by atoms with Crippen LogP contribution in [0.3, 0.4) is 0 Å². The Hall–Kier alpha value is -3.40. The van der Waals surface area contributed by atoms with Crippen molar-refractivity contribution in [2.24, 2.45) is 0 Å². The topological polar surface area (TPSA) is 44.1 Å². The van der Waals surface area contributed by atoms with Gasteiger partial charge in [0.15, 0.2) is 0 Å². The molecule has 29 heavy (non-hydrogen) atoms. The van der Waals surface area contributed by atoms with Crippen molar-refractivity contribution in [2.75, 3.05) is 0 Å². The molecule has 0 saturated carbocycles. The van der Waals surface area contributed by atoms with Crippen molar-refractivity contribution in [3.63, 3.8) is 0 Å². The van der Waals surface area contributed by atoms with Gasteiger partial charge in [0, 0.05) is 6.07 Å². The maximum absolute atomic E-state index is 13.1. The van der Waals surface area contributed by atoms with Crippen LogP contribution in [0.2, 0.25) is 0 Å². The maximum atomic E-state index is 13.1. The number of benzene rings is 3. The zero-order valence-electron chi connectivity index (χ0n) is 17.1. The molecule has 0 N–H and O–H groups in total. The summed E-state index contributed by atoms with van der Waals surface area (Å²) in [6.45, 7) is 8.24. The van der Waals surface area contributed by atoms with Gasteiger partial charge in [-0.05, 0) is 48.2 Å². The number of aromatic nitrogens is 2. The van der Waals surface area contributed by atoms with Gasteiger partial charge in [0.2, 0.25) is 5.88 Å². The van der Waals surface area contributed by atoms with Gasteiger partial charge < -0.3 is 4.74 Å². The van der Waals surface area contributed by atoms with Gasteiger partial charge in [0.1, 0.15) is 0 Å². The van der Waals surface area contributed by atoms with Crippen LogP contribution < -0.4 is 4.74 Å². The summed E-state index contributed by atoms with van der Waals surface area (Å²) >= 11 is 0. The molecule has 1 aromatic heterocycles. The predicted molar refractivity (Wildman–Crippen MR) is 116 cm³/mol. The van der Waals surface area contributed by atoms with E-state index in [4.69, 9.17) is 9.84 Å². The van der Waals surface area contributed by atoms with E-state index < -0.39 is 0 Å². The lowest BCUT2D eigenvalue weighted by Gasteiger charge is -2.12. The second-order valence-electron chi connectivity index (χ2n) is 7.68. The largest absolute Gasteiger partial charge is 0.404 e. The molecule has 4 rings (SSSR count). The van der Waals surface area contributed by atoms with Crippen molar-refractivity contribution in [2.45, 2.75) is 33.6 Å². The molecule has 0 bridgehead atoms. The first-order valence-electron chi connectivity index (χ1n) is 9.81. The molecule has 0 aliphatic carbocycles. The van der Waals surface area contributed by atoms with Crippen LogP contribution in [0, 0.1) is 13.8 Å². The van der Waals surface area contributed by atoms with Gasteiger partial charge in [-0.25, -0.2) is 9.48 Å².